The van der Waals surface area contributed by atoms with Crippen molar-refractivity contribution in [1.29, 1.82) is 0 Å². The first kappa shape index (κ1) is 31.6. The van der Waals surface area contributed by atoms with Crippen LogP contribution in [-0.2, 0) is 11.3 Å². The minimum absolute atomic E-state index is 0.00439. The average molecular weight is 625 g/mol. The molecule has 0 saturated heterocycles. The third-order valence-corrected chi connectivity index (χ3v) is 7.69. The molecule has 1 aliphatic carbocycles. The second kappa shape index (κ2) is 13.0. The summed E-state index contributed by atoms with van der Waals surface area (Å²) in [4.78, 5) is 25.1. The number of anilines is 1. The molecule has 1 aromatic heterocycles. The van der Waals surface area contributed by atoms with Crippen LogP contribution in [0.15, 0.2) is 60.7 Å². The Morgan fingerprint density at radius 1 is 0.889 bits per heavy atom. The zero-order valence-electron chi connectivity index (χ0n) is 23.9. The van der Waals surface area contributed by atoms with Gasteiger partial charge < -0.3 is 35.4 Å². The number of aromatic hydroxyl groups is 2. The minimum Gasteiger partial charge on any atom is -0.508 e. The summed E-state index contributed by atoms with van der Waals surface area (Å²) in [6, 6.07) is 12.2. The van der Waals surface area contributed by atoms with Crippen molar-refractivity contribution >= 4 is 17.6 Å². The van der Waals surface area contributed by atoms with Crippen molar-refractivity contribution in [3.8, 4) is 33.9 Å². The van der Waals surface area contributed by atoms with E-state index in [-0.39, 0.29) is 53.4 Å². The molecular formula is C33H31F3N2O7. The van der Waals surface area contributed by atoms with E-state index in [1.165, 1.54) is 42.5 Å². The molecule has 2 atom stereocenters. The molecular weight excluding hydrogens is 593 g/mol. The Labute approximate surface area is 255 Å². The van der Waals surface area contributed by atoms with Crippen molar-refractivity contribution in [2.75, 3.05) is 5.32 Å². The van der Waals surface area contributed by atoms with Crippen molar-refractivity contribution in [1.82, 2.24) is 4.57 Å². The number of carbonyl (C=O) groups excluding carboxylic acids is 1. The van der Waals surface area contributed by atoms with E-state index >= 15 is 0 Å². The van der Waals surface area contributed by atoms with Gasteiger partial charge in [0.15, 0.2) is 11.6 Å². The van der Waals surface area contributed by atoms with Crippen LogP contribution >= 0.6 is 0 Å². The van der Waals surface area contributed by atoms with Gasteiger partial charge in [-0.25, -0.2) is 13.2 Å². The first-order chi connectivity index (χ1) is 21.4. The standard InChI is InChI=1S/C33H31F3N2O7/c34-20-6-3-17(4-7-20)29-30(33(45)37-26-10-8-21(39)15-27(26)42)31(18-1-2-18)38(12-11-22(40)14-23(41)16-28(43)44)32(29)19-5-9-24(35)25(36)13-19/h3-10,13,15,18,22-23,39-42H,1-2,11-12,14,16H2,(H,37,45)(H,43,44). The number of rotatable bonds is 12. The maximum absolute atomic E-state index is 14.7. The quantitative estimate of drug-likeness (QED) is 0.0866. The number of nitrogens with zero attached hydrogens (tertiary/aromatic N) is 1. The van der Waals surface area contributed by atoms with Crippen LogP contribution in [0.3, 0.4) is 0 Å². The van der Waals surface area contributed by atoms with Gasteiger partial charge >= 0.3 is 5.97 Å². The van der Waals surface area contributed by atoms with Crippen LogP contribution in [0.25, 0.3) is 22.4 Å². The lowest BCUT2D eigenvalue weighted by Gasteiger charge is -2.19. The molecule has 1 saturated carbocycles. The molecule has 3 aromatic carbocycles. The summed E-state index contributed by atoms with van der Waals surface area (Å²) in [6.45, 7) is 0.0348. The molecule has 1 amide bonds. The number of carbonyl (C=O) groups is 2. The molecule has 2 unspecified atom stereocenters. The Kier molecular flexibility index (Phi) is 9.16. The normalized spacial score (nSPS) is 14.2. The fourth-order valence-electron chi connectivity index (χ4n) is 5.53. The number of benzene rings is 3. The van der Waals surface area contributed by atoms with Crippen LogP contribution in [0.2, 0.25) is 0 Å². The minimum atomic E-state index is -1.30. The summed E-state index contributed by atoms with van der Waals surface area (Å²) in [5, 5.41) is 52.5. The highest BCUT2D eigenvalue weighted by Gasteiger charge is 2.37. The zero-order valence-corrected chi connectivity index (χ0v) is 23.9. The maximum atomic E-state index is 14.7. The molecule has 5 rings (SSSR count). The third kappa shape index (κ3) is 7.13. The summed E-state index contributed by atoms with van der Waals surface area (Å²) in [6.07, 6.45) is -1.85. The number of amides is 1. The number of aromatic nitrogens is 1. The van der Waals surface area contributed by atoms with Crippen LogP contribution in [0.5, 0.6) is 11.5 Å². The molecule has 4 aromatic rings. The average Bonchev–Trinajstić information content (AvgIpc) is 3.75. The number of aliphatic hydroxyl groups excluding tert-OH is 2. The van der Waals surface area contributed by atoms with Gasteiger partial charge in [0.2, 0.25) is 0 Å². The van der Waals surface area contributed by atoms with E-state index < -0.39 is 53.7 Å². The van der Waals surface area contributed by atoms with E-state index in [0.717, 1.165) is 18.2 Å². The number of hydrogen-bond donors (Lipinski definition) is 6. The van der Waals surface area contributed by atoms with Gasteiger partial charge in [-0.05, 0) is 73.7 Å². The van der Waals surface area contributed by atoms with Crippen molar-refractivity contribution in [2.24, 2.45) is 0 Å². The molecule has 12 heteroatoms. The third-order valence-electron chi connectivity index (χ3n) is 7.69. The number of aliphatic hydroxyl groups is 2. The van der Waals surface area contributed by atoms with Gasteiger partial charge in [0.1, 0.15) is 17.3 Å². The van der Waals surface area contributed by atoms with Gasteiger partial charge in [0.05, 0.1) is 35.6 Å². The van der Waals surface area contributed by atoms with E-state index in [9.17, 15) is 43.2 Å². The predicted molar refractivity (Wildman–Crippen MR) is 158 cm³/mol. The molecule has 6 N–H and O–H groups in total. The summed E-state index contributed by atoms with van der Waals surface area (Å²) in [7, 11) is 0. The summed E-state index contributed by atoms with van der Waals surface area (Å²) >= 11 is 0. The molecule has 9 nitrogen and oxygen atoms in total. The maximum Gasteiger partial charge on any atom is 0.305 e. The second-order valence-electron chi connectivity index (χ2n) is 11.1. The van der Waals surface area contributed by atoms with Gasteiger partial charge in [-0.3, -0.25) is 9.59 Å². The highest BCUT2D eigenvalue weighted by Crippen LogP contribution is 2.50. The molecule has 1 fully saturated rings. The zero-order chi connectivity index (χ0) is 32.4. The van der Waals surface area contributed by atoms with Crippen LogP contribution in [0.4, 0.5) is 18.9 Å². The van der Waals surface area contributed by atoms with E-state index in [1.807, 2.05) is 0 Å². The summed E-state index contributed by atoms with van der Waals surface area (Å²) in [5.41, 5.74) is 1.80. The van der Waals surface area contributed by atoms with E-state index in [4.69, 9.17) is 5.11 Å². The first-order valence-electron chi connectivity index (χ1n) is 14.3. The SMILES string of the molecule is O=C(O)CC(O)CC(O)CCn1c(-c2ccc(F)c(F)c2)c(-c2ccc(F)cc2)c(C(=O)Nc2ccc(O)cc2O)c1C1CC1. The van der Waals surface area contributed by atoms with Gasteiger partial charge in [0.25, 0.3) is 5.91 Å². The lowest BCUT2D eigenvalue weighted by Crippen LogP contribution is -2.22. The molecule has 45 heavy (non-hydrogen) atoms. The number of carboxylic acids is 1. The molecule has 0 aliphatic heterocycles. The Hall–Kier alpha value is -4.81. The van der Waals surface area contributed by atoms with Crippen LogP contribution in [-0.4, -0.2) is 54.2 Å². The van der Waals surface area contributed by atoms with Crippen molar-refractivity contribution < 1.29 is 48.3 Å². The fourth-order valence-corrected chi connectivity index (χ4v) is 5.53. The monoisotopic (exact) mass is 624 g/mol. The number of hydrogen-bond acceptors (Lipinski definition) is 6. The van der Waals surface area contributed by atoms with Crippen molar-refractivity contribution in [2.45, 2.75) is 56.8 Å². The number of nitrogens with one attached hydrogen (secondary N) is 1. The molecule has 1 aliphatic rings. The van der Waals surface area contributed by atoms with E-state index in [2.05, 4.69) is 5.32 Å². The van der Waals surface area contributed by atoms with Crippen LogP contribution in [0.1, 0.15) is 54.1 Å². The van der Waals surface area contributed by atoms with E-state index in [1.54, 1.807) is 4.57 Å². The number of carboxylic acid groups (broad SMARTS) is 1. The fraction of sp³-hybridized carbons (Fsp3) is 0.273. The van der Waals surface area contributed by atoms with Crippen molar-refractivity contribution in [3.05, 3.63) is 89.4 Å². The van der Waals surface area contributed by atoms with Crippen molar-refractivity contribution in [3.63, 3.8) is 0 Å². The van der Waals surface area contributed by atoms with E-state index in [0.29, 0.717) is 29.8 Å². The predicted octanol–water partition coefficient (Wildman–Crippen LogP) is 5.76. The lowest BCUT2D eigenvalue weighted by atomic mass is 9.95. The van der Waals surface area contributed by atoms with Crippen LogP contribution < -0.4 is 5.32 Å². The number of phenols is 2. The Morgan fingerprint density at radius 2 is 1.58 bits per heavy atom. The lowest BCUT2D eigenvalue weighted by molar-refractivity contribution is -0.139. The Balaban J connectivity index is 1.70. The number of phenolic OH excluding ortho intramolecular Hbond substituents is 2. The largest absolute Gasteiger partial charge is 0.508 e. The van der Waals surface area contributed by atoms with Gasteiger partial charge in [-0.2, -0.15) is 0 Å². The number of aliphatic carboxylic acids is 1. The van der Waals surface area contributed by atoms with Gasteiger partial charge in [-0.1, -0.05) is 12.1 Å². The topological polar surface area (TPSA) is 152 Å². The highest BCUT2D eigenvalue weighted by molar-refractivity contribution is 6.13. The molecule has 0 bridgehead atoms. The highest BCUT2D eigenvalue weighted by atomic mass is 19.2. The molecule has 0 spiro atoms. The molecule has 0 radical (unpaired) electrons. The van der Waals surface area contributed by atoms with Crippen LogP contribution in [0, 0.1) is 17.5 Å². The Morgan fingerprint density at radius 3 is 2.20 bits per heavy atom. The molecule has 1 heterocycles. The first-order valence-corrected chi connectivity index (χ1v) is 14.3. The smallest absolute Gasteiger partial charge is 0.305 e. The summed E-state index contributed by atoms with van der Waals surface area (Å²) in [5.74, 6) is -5.45. The van der Waals surface area contributed by atoms with Gasteiger partial charge in [0, 0.05) is 35.3 Å². The molecule has 236 valence electrons. The number of halogens is 3. The second-order valence-corrected chi connectivity index (χ2v) is 11.1. The summed E-state index contributed by atoms with van der Waals surface area (Å²) < 4.78 is 44.5. The van der Waals surface area contributed by atoms with Gasteiger partial charge in [-0.15, -0.1) is 0 Å². The Bertz CT molecular complexity index is 1740.